The Kier molecular flexibility index (Phi) is 7.62. The molecule has 3 aromatic carbocycles. The molecule has 0 aromatic heterocycles. The summed E-state index contributed by atoms with van der Waals surface area (Å²) in [6.45, 7) is 5.04. The SMILES string of the molecule is Cc1cc(C)c(S(=O)(=O)N(CC(=O)Nc2ccccc2)Cc2ccc(Cl)c(Cl)c2)c(C)c1. The Morgan fingerprint density at radius 2 is 1.53 bits per heavy atom. The third-order valence-electron chi connectivity index (χ3n) is 4.92. The smallest absolute Gasteiger partial charge is 0.244 e. The average Bonchev–Trinajstić information content (AvgIpc) is 2.70. The summed E-state index contributed by atoms with van der Waals surface area (Å²) in [5.74, 6) is -0.442. The van der Waals surface area contributed by atoms with Crippen molar-refractivity contribution in [3.8, 4) is 0 Å². The number of hydrogen-bond donors (Lipinski definition) is 1. The quantitative estimate of drug-likeness (QED) is 0.458. The molecule has 0 saturated carbocycles. The Labute approximate surface area is 199 Å². The van der Waals surface area contributed by atoms with Crippen molar-refractivity contribution >= 4 is 44.8 Å². The van der Waals surface area contributed by atoms with E-state index in [0.717, 1.165) is 9.87 Å². The third-order valence-corrected chi connectivity index (χ3v) is 7.76. The van der Waals surface area contributed by atoms with Gasteiger partial charge in [-0.25, -0.2) is 8.42 Å². The van der Waals surface area contributed by atoms with Gasteiger partial charge in [-0.2, -0.15) is 4.31 Å². The van der Waals surface area contributed by atoms with Crippen LogP contribution in [0.4, 0.5) is 5.69 Å². The number of sulfonamides is 1. The molecule has 0 aliphatic heterocycles. The van der Waals surface area contributed by atoms with Crippen molar-refractivity contribution in [3.63, 3.8) is 0 Å². The monoisotopic (exact) mass is 490 g/mol. The first-order valence-electron chi connectivity index (χ1n) is 9.95. The first-order valence-corrected chi connectivity index (χ1v) is 12.1. The number of anilines is 1. The van der Waals surface area contributed by atoms with Gasteiger partial charge in [0.25, 0.3) is 0 Å². The predicted octanol–water partition coefficient (Wildman–Crippen LogP) is 5.75. The third kappa shape index (κ3) is 5.70. The second kappa shape index (κ2) is 10.0. The van der Waals surface area contributed by atoms with E-state index < -0.39 is 15.9 Å². The fourth-order valence-corrected chi connectivity index (χ4v) is 5.77. The molecule has 8 heteroatoms. The van der Waals surface area contributed by atoms with E-state index >= 15 is 0 Å². The lowest BCUT2D eigenvalue weighted by Gasteiger charge is -2.24. The summed E-state index contributed by atoms with van der Waals surface area (Å²) in [7, 11) is -3.99. The van der Waals surface area contributed by atoms with E-state index in [2.05, 4.69) is 5.32 Å². The number of carbonyl (C=O) groups excluding carboxylic acids is 1. The van der Waals surface area contributed by atoms with Crippen molar-refractivity contribution < 1.29 is 13.2 Å². The fraction of sp³-hybridized carbons (Fsp3) is 0.208. The minimum absolute atomic E-state index is 0.0335. The summed E-state index contributed by atoms with van der Waals surface area (Å²) in [4.78, 5) is 13.0. The maximum atomic E-state index is 13.7. The van der Waals surface area contributed by atoms with Crippen molar-refractivity contribution in [3.05, 3.63) is 93.0 Å². The number of benzene rings is 3. The van der Waals surface area contributed by atoms with E-state index in [1.807, 2.05) is 25.1 Å². The van der Waals surface area contributed by atoms with Gasteiger partial charge in [0.15, 0.2) is 0 Å². The topological polar surface area (TPSA) is 66.5 Å². The van der Waals surface area contributed by atoms with Gasteiger partial charge in [-0.15, -0.1) is 0 Å². The van der Waals surface area contributed by atoms with Crippen LogP contribution in [0.3, 0.4) is 0 Å². The molecule has 0 unspecified atom stereocenters. The lowest BCUT2D eigenvalue weighted by Crippen LogP contribution is -2.38. The number of amides is 1. The van der Waals surface area contributed by atoms with Crippen molar-refractivity contribution in [2.45, 2.75) is 32.2 Å². The van der Waals surface area contributed by atoms with E-state index in [1.54, 1.807) is 56.3 Å². The molecular weight excluding hydrogens is 467 g/mol. The number of nitrogens with one attached hydrogen (secondary N) is 1. The van der Waals surface area contributed by atoms with Crippen molar-refractivity contribution in [2.75, 3.05) is 11.9 Å². The average molecular weight is 491 g/mol. The standard InChI is InChI=1S/C24H24Cl2N2O3S/c1-16-11-17(2)24(18(3)12-16)32(30,31)28(14-19-9-10-21(25)22(26)13-19)15-23(29)27-20-7-5-4-6-8-20/h4-13H,14-15H2,1-3H3,(H,27,29). The van der Waals surface area contributed by atoms with Crippen LogP contribution in [0.2, 0.25) is 10.0 Å². The molecule has 0 heterocycles. The molecule has 1 amide bonds. The predicted molar refractivity (Wildman–Crippen MR) is 130 cm³/mol. The highest BCUT2D eigenvalue weighted by molar-refractivity contribution is 7.89. The van der Waals surface area contributed by atoms with Crippen LogP contribution >= 0.6 is 23.2 Å². The maximum Gasteiger partial charge on any atom is 0.244 e. The van der Waals surface area contributed by atoms with Crippen molar-refractivity contribution in [1.82, 2.24) is 4.31 Å². The van der Waals surface area contributed by atoms with Crippen LogP contribution in [0.25, 0.3) is 0 Å². The van der Waals surface area contributed by atoms with E-state index in [9.17, 15) is 13.2 Å². The summed E-state index contributed by atoms with van der Waals surface area (Å²) in [6.07, 6.45) is 0. The molecule has 1 N–H and O–H groups in total. The zero-order chi connectivity index (χ0) is 23.5. The normalized spacial score (nSPS) is 11.6. The molecule has 0 bridgehead atoms. The summed E-state index contributed by atoms with van der Waals surface area (Å²) >= 11 is 12.1. The minimum atomic E-state index is -3.99. The lowest BCUT2D eigenvalue weighted by atomic mass is 10.1. The first-order chi connectivity index (χ1) is 15.1. The van der Waals surface area contributed by atoms with Gasteiger partial charge in [0, 0.05) is 12.2 Å². The van der Waals surface area contributed by atoms with Crippen LogP contribution in [0.5, 0.6) is 0 Å². The number of hydrogen-bond acceptors (Lipinski definition) is 3. The molecule has 5 nitrogen and oxygen atoms in total. The van der Waals surface area contributed by atoms with Gasteiger partial charge < -0.3 is 5.32 Å². The Balaban J connectivity index is 1.99. The van der Waals surface area contributed by atoms with E-state index in [-0.39, 0.29) is 18.0 Å². The van der Waals surface area contributed by atoms with Crippen molar-refractivity contribution in [1.29, 1.82) is 0 Å². The van der Waals surface area contributed by atoms with Gasteiger partial charge in [-0.3, -0.25) is 4.79 Å². The molecule has 3 rings (SSSR count). The second-order valence-corrected chi connectivity index (χ2v) is 10.4. The van der Waals surface area contributed by atoms with Gasteiger partial charge in [0.1, 0.15) is 0 Å². The molecule has 0 aliphatic carbocycles. The molecule has 0 spiro atoms. The first kappa shape index (κ1) is 24.3. The summed E-state index contributed by atoms with van der Waals surface area (Å²) < 4.78 is 28.6. The summed E-state index contributed by atoms with van der Waals surface area (Å²) in [6, 6.07) is 17.4. The number of carbonyl (C=O) groups is 1. The van der Waals surface area contributed by atoms with Crippen molar-refractivity contribution in [2.24, 2.45) is 0 Å². The highest BCUT2D eigenvalue weighted by Gasteiger charge is 2.30. The maximum absolute atomic E-state index is 13.7. The van der Waals surface area contributed by atoms with Gasteiger partial charge in [-0.05, 0) is 61.7 Å². The number of halogens is 2. The molecule has 168 valence electrons. The minimum Gasteiger partial charge on any atom is -0.325 e. The van der Waals surface area contributed by atoms with Gasteiger partial charge in [0.2, 0.25) is 15.9 Å². The number of nitrogens with zero attached hydrogens (tertiary/aromatic N) is 1. The van der Waals surface area contributed by atoms with Gasteiger partial charge in [-0.1, -0.05) is 65.2 Å². The molecule has 0 radical (unpaired) electrons. The number of aryl methyl sites for hydroxylation is 3. The van der Waals surface area contributed by atoms with Crippen LogP contribution in [0.1, 0.15) is 22.3 Å². The van der Waals surface area contributed by atoms with E-state index in [4.69, 9.17) is 23.2 Å². The largest absolute Gasteiger partial charge is 0.325 e. The Morgan fingerprint density at radius 1 is 0.906 bits per heavy atom. The van der Waals surface area contributed by atoms with Gasteiger partial charge >= 0.3 is 0 Å². The molecule has 0 fully saturated rings. The highest BCUT2D eigenvalue weighted by Crippen LogP contribution is 2.28. The van der Waals surface area contributed by atoms with E-state index in [0.29, 0.717) is 32.4 Å². The molecule has 0 atom stereocenters. The summed E-state index contributed by atoms with van der Waals surface area (Å²) in [5.41, 5.74) is 3.44. The fourth-order valence-electron chi connectivity index (χ4n) is 3.65. The zero-order valence-electron chi connectivity index (χ0n) is 18.0. The molecule has 32 heavy (non-hydrogen) atoms. The Hall–Kier alpha value is -2.38. The van der Waals surface area contributed by atoms with Crippen LogP contribution in [0, 0.1) is 20.8 Å². The highest BCUT2D eigenvalue weighted by atomic mass is 35.5. The Bertz CT molecular complexity index is 1220. The summed E-state index contributed by atoms with van der Waals surface area (Å²) in [5, 5.41) is 3.44. The molecular formula is C24H24Cl2N2O3S. The number of rotatable bonds is 7. The van der Waals surface area contributed by atoms with Crippen LogP contribution in [0.15, 0.2) is 65.6 Å². The second-order valence-electron chi connectivity index (χ2n) is 7.66. The number of para-hydroxylation sites is 1. The zero-order valence-corrected chi connectivity index (χ0v) is 20.4. The molecule has 0 aliphatic rings. The Morgan fingerprint density at radius 3 is 2.12 bits per heavy atom. The molecule has 3 aromatic rings. The van der Waals surface area contributed by atoms with Gasteiger partial charge in [0.05, 0.1) is 21.5 Å². The van der Waals surface area contributed by atoms with Crippen LogP contribution in [-0.4, -0.2) is 25.2 Å². The molecule has 0 saturated heterocycles. The van der Waals surface area contributed by atoms with Crippen LogP contribution < -0.4 is 5.32 Å². The van der Waals surface area contributed by atoms with E-state index in [1.165, 1.54) is 0 Å². The van der Waals surface area contributed by atoms with Crippen LogP contribution in [-0.2, 0) is 21.4 Å². The lowest BCUT2D eigenvalue weighted by molar-refractivity contribution is -0.116.